The van der Waals surface area contributed by atoms with Gasteiger partial charge in [-0.15, -0.1) is 19.9 Å². The molecule has 0 unspecified atom stereocenters. The summed E-state index contributed by atoms with van der Waals surface area (Å²) in [7, 11) is -8.61. The third kappa shape index (κ3) is 10.0. The summed E-state index contributed by atoms with van der Waals surface area (Å²) < 4.78 is 14.8. The van der Waals surface area contributed by atoms with E-state index in [2.05, 4.69) is 124 Å². The predicted octanol–water partition coefficient (Wildman–Crippen LogP) is 6.68. The molecule has 0 atom stereocenters. The van der Waals surface area contributed by atoms with Crippen LogP contribution in [0, 0.1) is 0 Å². The zero-order chi connectivity index (χ0) is 34.7. The molecule has 0 amide bonds. The van der Waals surface area contributed by atoms with Crippen LogP contribution in [0.4, 0.5) is 0 Å². The Morgan fingerprint density at radius 2 is 0.556 bits per heavy atom. The Bertz CT molecular complexity index is 748. The summed E-state index contributed by atoms with van der Waals surface area (Å²) in [6.07, 6.45) is 5.18. The van der Waals surface area contributed by atoms with Crippen molar-refractivity contribution in [2.24, 2.45) is 0 Å². The summed E-state index contributed by atoms with van der Waals surface area (Å²) in [5.41, 5.74) is 0. The van der Waals surface area contributed by atoms with Crippen molar-refractivity contribution in [3.8, 4) is 0 Å². The maximum atomic E-state index is 4.94. The van der Waals surface area contributed by atoms with Gasteiger partial charge in [-0.1, -0.05) is 124 Å². The molecule has 14 heteroatoms. The van der Waals surface area contributed by atoms with Gasteiger partial charge in [-0.3, -0.25) is 7.35 Å². The topological polar surface area (TPSA) is 27.7 Å². The third-order valence-corrected chi connectivity index (χ3v) is 303. The molecule has 4 aliphatic heterocycles. The molecular weight excluding hydrogens is 740 g/mol. The third-order valence-electron chi connectivity index (χ3n) is 11.9. The Balaban J connectivity index is 0.000000962. The van der Waals surface area contributed by atoms with Gasteiger partial charge in [0.05, 0.1) is 0 Å². The molecule has 4 heterocycles. The van der Waals surface area contributed by atoms with Crippen molar-refractivity contribution in [2.75, 3.05) is 39.6 Å². The molecule has 0 spiro atoms. The molecule has 0 aromatic heterocycles. The van der Waals surface area contributed by atoms with E-state index in [9.17, 15) is 0 Å². The van der Waals surface area contributed by atoms with Crippen molar-refractivity contribution < 1.29 is 65.6 Å². The standard InChI is InChI=1S/C19H57Si10.3C4H8O.K/c1-21(2,3)20-28(22(4,5)6,23(7,8)9)26(16,17)27(18,19)29(20,24(10,11)12)25(13,14)15;3*1-2-4-5-3-1;/h1-19H3;3*1-4H2;/q-1;;;;+1. The van der Waals surface area contributed by atoms with Gasteiger partial charge in [-0.25, -0.2) is 0 Å². The average molecular weight is 822 g/mol. The normalized spacial score (nSPS) is 24.3. The molecular formula is C31H81KO3Si10. The molecule has 0 aromatic rings. The summed E-state index contributed by atoms with van der Waals surface area (Å²) in [5.74, 6) is 0. The van der Waals surface area contributed by atoms with Crippen LogP contribution in [-0.4, -0.2) is 111 Å². The second-order valence-electron chi connectivity index (χ2n) is 20.3. The fourth-order valence-electron chi connectivity index (χ4n) is 12.0. The average Bonchev–Trinajstić information content (AvgIpc) is 3.62. The van der Waals surface area contributed by atoms with Crippen molar-refractivity contribution >= 4 is 71.8 Å². The number of rotatable bonds is 5. The molecule has 0 radical (unpaired) electrons. The minimum atomic E-state index is -1.25. The first-order valence-electron chi connectivity index (χ1n) is 18.2. The van der Waals surface area contributed by atoms with Crippen LogP contribution in [0.25, 0.3) is 0 Å². The maximum absolute atomic E-state index is 4.94. The van der Waals surface area contributed by atoms with Crippen LogP contribution in [0.15, 0.2) is 0 Å². The number of ether oxygens (including phenoxy) is 3. The molecule has 0 bridgehead atoms. The molecule has 4 saturated heterocycles. The van der Waals surface area contributed by atoms with Crippen LogP contribution in [0.2, 0.25) is 124 Å². The Hall–Kier alpha value is 3.69. The zero-order valence-corrected chi connectivity index (χ0v) is 47.8. The Labute approximate surface area is 335 Å². The maximum Gasteiger partial charge on any atom is 1.00 e. The van der Waals surface area contributed by atoms with Crippen molar-refractivity contribution in [3.05, 3.63) is 0 Å². The first-order valence-corrected chi connectivity index (χ1v) is 57.2. The molecule has 4 rings (SSSR count). The van der Waals surface area contributed by atoms with Crippen LogP contribution >= 0.6 is 0 Å². The number of hydrogen-bond donors (Lipinski definition) is 0. The van der Waals surface area contributed by atoms with Gasteiger partial charge in [0.15, 0.2) is 0 Å². The van der Waals surface area contributed by atoms with E-state index in [4.69, 9.17) is 14.2 Å². The molecule has 0 N–H and O–H groups in total. The van der Waals surface area contributed by atoms with Gasteiger partial charge in [0.2, 0.25) is 0 Å². The van der Waals surface area contributed by atoms with Gasteiger partial charge in [0.25, 0.3) is 0 Å². The molecule has 4 fully saturated rings. The van der Waals surface area contributed by atoms with E-state index in [1.807, 2.05) is 0 Å². The minimum Gasteiger partial charge on any atom is -0.381 e. The Morgan fingerprint density at radius 3 is 0.644 bits per heavy atom. The van der Waals surface area contributed by atoms with Crippen molar-refractivity contribution in [1.82, 2.24) is 0 Å². The fraction of sp³-hybridized carbons (Fsp3) is 1.00. The van der Waals surface area contributed by atoms with Crippen molar-refractivity contribution in [1.29, 1.82) is 0 Å². The summed E-state index contributed by atoms with van der Waals surface area (Å²) in [6.45, 7) is 62.3. The summed E-state index contributed by atoms with van der Waals surface area (Å²) in [5, 5.41) is 0. The molecule has 0 aliphatic carbocycles. The van der Waals surface area contributed by atoms with E-state index < -0.39 is 64.5 Å². The van der Waals surface area contributed by atoms with E-state index in [1.54, 1.807) is 0 Å². The first kappa shape index (κ1) is 48.7. The quantitative estimate of drug-likeness (QED) is 0.290. The van der Waals surface area contributed by atoms with Crippen LogP contribution in [0.3, 0.4) is 0 Å². The fourth-order valence-corrected chi connectivity index (χ4v) is 662. The summed E-state index contributed by atoms with van der Waals surface area (Å²) >= 11 is 0. The van der Waals surface area contributed by atoms with E-state index in [0.717, 1.165) is 39.6 Å². The van der Waals surface area contributed by atoms with E-state index in [0.29, 0.717) is 0 Å². The molecule has 0 saturated carbocycles. The first-order chi connectivity index (χ1) is 19.6. The van der Waals surface area contributed by atoms with Gasteiger partial charge < -0.3 is 14.2 Å². The summed E-state index contributed by atoms with van der Waals surface area (Å²) in [6, 6.07) is 0. The van der Waals surface area contributed by atoms with Crippen LogP contribution < -0.4 is 51.4 Å². The van der Waals surface area contributed by atoms with Crippen LogP contribution in [0.1, 0.15) is 38.5 Å². The van der Waals surface area contributed by atoms with E-state index >= 15 is 0 Å². The monoisotopic (exact) mass is 820 g/mol. The predicted molar refractivity (Wildman–Crippen MR) is 229 cm³/mol. The smallest absolute Gasteiger partial charge is 0.381 e. The van der Waals surface area contributed by atoms with Gasteiger partial charge in [0.1, 0.15) is 0 Å². The van der Waals surface area contributed by atoms with Gasteiger partial charge in [0, 0.05) is 70.0 Å². The Morgan fingerprint density at radius 1 is 0.378 bits per heavy atom. The largest absolute Gasteiger partial charge is 1.00 e. The van der Waals surface area contributed by atoms with Crippen LogP contribution in [-0.2, 0) is 14.2 Å². The molecule has 45 heavy (non-hydrogen) atoms. The minimum absolute atomic E-state index is 0. The molecule has 3 nitrogen and oxygen atoms in total. The Kier molecular flexibility index (Phi) is 19.6. The summed E-state index contributed by atoms with van der Waals surface area (Å²) in [4.78, 5) is 0. The van der Waals surface area contributed by atoms with Crippen molar-refractivity contribution in [3.63, 3.8) is 0 Å². The van der Waals surface area contributed by atoms with E-state index in [-0.39, 0.29) is 58.7 Å². The van der Waals surface area contributed by atoms with Gasteiger partial charge >= 0.3 is 51.4 Å². The van der Waals surface area contributed by atoms with Crippen molar-refractivity contribution in [2.45, 2.75) is 163 Å². The van der Waals surface area contributed by atoms with Gasteiger partial charge in [-0.05, 0) is 52.7 Å². The molecule has 264 valence electrons. The SMILES string of the molecule is C1CCOC1.C1CCOC1.C1CCOC1.C[Si](C)(C)[Si-]1[Si]([Si](C)(C)C)([Si](C)(C)C)[Si](C)(C)[Si](C)(C)[Si]1([Si](C)(C)C)[Si](C)(C)C.[K+]. The second-order valence-corrected chi connectivity index (χ2v) is 139. The molecule has 0 aromatic carbocycles. The molecule has 4 aliphatic rings. The van der Waals surface area contributed by atoms with E-state index in [1.165, 1.54) is 38.5 Å². The number of hydrogen-bond acceptors (Lipinski definition) is 3. The zero-order valence-electron chi connectivity index (χ0n) is 34.7. The van der Waals surface area contributed by atoms with Gasteiger partial charge in [-0.2, -0.15) is 0 Å². The second kappa shape index (κ2) is 18.1. The van der Waals surface area contributed by atoms with Crippen LogP contribution in [0.5, 0.6) is 0 Å².